The molecule has 0 radical (unpaired) electrons. The summed E-state index contributed by atoms with van der Waals surface area (Å²) in [6.07, 6.45) is 6.32. The molecule has 3 fully saturated rings. The number of halogens is 2. The molecule has 0 unspecified atom stereocenters. The SMILES string of the molecule is FC1(F)CCN(c2cc(N3CCC(N4CCCCC4)CC3)n[nH]2)CC1. The van der Waals surface area contributed by atoms with E-state index in [4.69, 9.17) is 0 Å². The number of nitrogens with one attached hydrogen (secondary N) is 1. The number of hydrogen-bond donors (Lipinski definition) is 1. The number of anilines is 2. The third kappa shape index (κ3) is 3.91. The second kappa shape index (κ2) is 7.09. The van der Waals surface area contributed by atoms with Gasteiger partial charge in [-0.05, 0) is 38.8 Å². The summed E-state index contributed by atoms with van der Waals surface area (Å²) in [6, 6.07) is 2.75. The minimum atomic E-state index is -2.50. The molecule has 5 nitrogen and oxygen atoms in total. The number of alkyl halides is 2. The molecule has 3 saturated heterocycles. The molecule has 1 aromatic rings. The predicted molar refractivity (Wildman–Crippen MR) is 95.6 cm³/mol. The second-order valence-electron chi connectivity index (χ2n) is 7.77. The van der Waals surface area contributed by atoms with Crippen molar-refractivity contribution in [2.75, 3.05) is 49.1 Å². The molecule has 0 bridgehead atoms. The Morgan fingerprint density at radius 1 is 0.920 bits per heavy atom. The van der Waals surface area contributed by atoms with E-state index in [0.29, 0.717) is 13.1 Å². The summed E-state index contributed by atoms with van der Waals surface area (Å²) in [4.78, 5) is 7.00. The zero-order valence-corrected chi connectivity index (χ0v) is 14.9. The molecule has 0 spiro atoms. The number of piperidine rings is 3. The van der Waals surface area contributed by atoms with Crippen molar-refractivity contribution in [1.82, 2.24) is 15.1 Å². The normalized spacial score (nSPS) is 26.2. The first-order valence-corrected chi connectivity index (χ1v) is 9.78. The van der Waals surface area contributed by atoms with Crippen molar-refractivity contribution in [1.29, 1.82) is 0 Å². The summed E-state index contributed by atoms with van der Waals surface area (Å²) in [5.74, 6) is -0.663. The lowest BCUT2D eigenvalue weighted by Crippen LogP contribution is -2.46. The Bertz CT molecular complexity index is 552. The van der Waals surface area contributed by atoms with Gasteiger partial charge in [0.05, 0.1) is 0 Å². The fraction of sp³-hybridized carbons (Fsp3) is 0.833. The number of hydrogen-bond acceptors (Lipinski definition) is 4. The largest absolute Gasteiger partial charge is 0.356 e. The van der Waals surface area contributed by atoms with E-state index in [9.17, 15) is 8.78 Å². The van der Waals surface area contributed by atoms with E-state index in [-0.39, 0.29) is 12.8 Å². The summed E-state index contributed by atoms with van der Waals surface area (Å²) in [6.45, 7) is 5.37. The summed E-state index contributed by atoms with van der Waals surface area (Å²) in [7, 11) is 0. The fourth-order valence-corrected chi connectivity index (χ4v) is 4.44. The van der Waals surface area contributed by atoms with Crippen LogP contribution in [0.2, 0.25) is 0 Å². The molecular weight excluding hydrogens is 324 g/mol. The third-order valence-electron chi connectivity index (χ3n) is 6.08. The molecule has 0 amide bonds. The molecule has 0 saturated carbocycles. The van der Waals surface area contributed by atoms with E-state index >= 15 is 0 Å². The summed E-state index contributed by atoms with van der Waals surface area (Å²) in [5.41, 5.74) is 0. The highest BCUT2D eigenvalue weighted by Gasteiger charge is 2.34. The molecule has 0 aliphatic carbocycles. The minimum absolute atomic E-state index is 0.0669. The molecule has 1 N–H and O–H groups in total. The van der Waals surface area contributed by atoms with Crippen molar-refractivity contribution in [3.05, 3.63) is 6.07 Å². The molecule has 3 aliphatic rings. The Morgan fingerprint density at radius 3 is 2.28 bits per heavy atom. The number of rotatable bonds is 3. The zero-order valence-electron chi connectivity index (χ0n) is 14.9. The Balaban J connectivity index is 1.31. The van der Waals surface area contributed by atoms with Gasteiger partial charge in [0.2, 0.25) is 0 Å². The average molecular weight is 353 g/mol. The van der Waals surface area contributed by atoms with E-state index in [0.717, 1.165) is 30.8 Å². The second-order valence-corrected chi connectivity index (χ2v) is 7.77. The van der Waals surface area contributed by atoms with Gasteiger partial charge in [-0.2, -0.15) is 5.10 Å². The van der Waals surface area contributed by atoms with E-state index in [1.807, 2.05) is 11.0 Å². The van der Waals surface area contributed by atoms with Gasteiger partial charge in [-0.3, -0.25) is 5.10 Å². The molecule has 7 heteroatoms. The first-order chi connectivity index (χ1) is 12.1. The van der Waals surface area contributed by atoms with Gasteiger partial charge in [-0.25, -0.2) is 8.78 Å². The maximum atomic E-state index is 13.3. The van der Waals surface area contributed by atoms with Crippen molar-refractivity contribution in [2.24, 2.45) is 0 Å². The molecule has 140 valence electrons. The molecule has 4 rings (SSSR count). The van der Waals surface area contributed by atoms with E-state index in [1.54, 1.807) is 0 Å². The Hall–Kier alpha value is -1.37. The van der Waals surface area contributed by atoms with Crippen LogP contribution in [-0.4, -0.2) is 66.3 Å². The van der Waals surface area contributed by atoms with Crippen LogP contribution in [0.5, 0.6) is 0 Å². The summed E-state index contributed by atoms with van der Waals surface area (Å²) in [5, 5.41) is 7.50. The molecule has 0 atom stereocenters. The molecule has 25 heavy (non-hydrogen) atoms. The van der Waals surface area contributed by atoms with Crippen LogP contribution in [0.1, 0.15) is 44.9 Å². The number of likely N-dealkylation sites (tertiary alicyclic amines) is 1. The smallest absolute Gasteiger partial charge is 0.251 e. The molecule has 1 aromatic heterocycles. The number of aromatic amines is 1. The van der Waals surface area contributed by atoms with Crippen LogP contribution < -0.4 is 9.80 Å². The molecule has 3 aliphatic heterocycles. The quantitative estimate of drug-likeness (QED) is 0.906. The van der Waals surface area contributed by atoms with Crippen LogP contribution in [0, 0.1) is 0 Å². The molecule has 0 aromatic carbocycles. The number of H-pyrrole nitrogens is 1. The first-order valence-electron chi connectivity index (χ1n) is 9.78. The third-order valence-corrected chi connectivity index (χ3v) is 6.08. The number of nitrogens with zero attached hydrogens (tertiary/aromatic N) is 4. The Labute approximate surface area is 148 Å². The van der Waals surface area contributed by atoms with Crippen molar-refractivity contribution in [3.63, 3.8) is 0 Å². The van der Waals surface area contributed by atoms with Crippen molar-refractivity contribution < 1.29 is 8.78 Å². The lowest BCUT2D eigenvalue weighted by atomic mass is 10.00. The van der Waals surface area contributed by atoms with Crippen LogP contribution in [0.4, 0.5) is 20.4 Å². The van der Waals surface area contributed by atoms with Crippen molar-refractivity contribution >= 4 is 11.6 Å². The lowest BCUT2D eigenvalue weighted by Gasteiger charge is -2.40. The van der Waals surface area contributed by atoms with Gasteiger partial charge in [0.25, 0.3) is 5.92 Å². The number of aromatic nitrogens is 2. The van der Waals surface area contributed by atoms with Gasteiger partial charge >= 0.3 is 0 Å². The van der Waals surface area contributed by atoms with Gasteiger partial charge in [-0.1, -0.05) is 6.42 Å². The van der Waals surface area contributed by atoms with Crippen LogP contribution in [0.3, 0.4) is 0 Å². The van der Waals surface area contributed by atoms with Crippen LogP contribution in [0.25, 0.3) is 0 Å². The minimum Gasteiger partial charge on any atom is -0.356 e. The van der Waals surface area contributed by atoms with E-state index in [2.05, 4.69) is 20.0 Å². The topological polar surface area (TPSA) is 38.4 Å². The van der Waals surface area contributed by atoms with Crippen LogP contribution in [-0.2, 0) is 0 Å². The Morgan fingerprint density at radius 2 is 1.60 bits per heavy atom. The van der Waals surface area contributed by atoms with Gasteiger partial charge in [-0.15, -0.1) is 0 Å². The van der Waals surface area contributed by atoms with Gasteiger partial charge in [0.1, 0.15) is 5.82 Å². The van der Waals surface area contributed by atoms with Gasteiger partial charge in [0, 0.05) is 51.1 Å². The highest BCUT2D eigenvalue weighted by atomic mass is 19.3. The average Bonchev–Trinajstić information content (AvgIpc) is 3.13. The predicted octanol–water partition coefficient (Wildman–Crippen LogP) is 3.10. The highest BCUT2D eigenvalue weighted by Crippen LogP contribution is 2.31. The summed E-state index contributed by atoms with van der Waals surface area (Å²) >= 11 is 0. The van der Waals surface area contributed by atoms with Crippen molar-refractivity contribution in [2.45, 2.75) is 56.9 Å². The lowest BCUT2D eigenvalue weighted by molar-refractivity contribution is -0.0221. The fourth-order valence-electron chi connectivity index (χ4n) is 4.44. The van der Waals surface area contributed by atoms with Crippen molar-refractivity contribution in [3.8, 4) is 0 Å². The van der Waals surface area contributed by atoms with E-state index < -0.39 is 5.92 Å². The Kier molecular flexibility index (Phi) is 4.84. The maximum Gasteiger partial charge on any atom is 0.251 e. The van der Waals surface area contributed by atoms with Crippen LogP contribution in [0.15, 0.2) is 6.07 Å². The highest BCUT2D eigenvalue weighted by molar-refractivity contribution is 5.51. The summed E-state index contributed by atoms with van der Waals surface area (Å²) < 4.78 is 26.6. The molecular formula is C18H29F2N5. The van der Waals surface area contributed by atoms with E-state index in [1.165, 1.54) is 45.2 Å². The molecule has 4 heterocycles. The van der Waals surface area contributed by atoms with Gasteiger partial charge in [0.15, 0.2) is 5.82 Å². The first kappa shape index (κ1) is 17.1. The standard InChI is InChI=1S/C18H29F2N5/c19-18(20)6-12-25(13-7-18)17-14-16(21-22-17)24-10-4-15(5-11-24)23-8-2-1-3-9-23/h14-15H,1-13H2,(H,21,22). The van der Waals surface area contributed by atoms with Gasteiger partial charge < -0.3 is 14.7 Å². The monoisotopic (exact) mass is 353 g/mol. The maximum absolute atomic E-state index is 13.3. The zero-order chi connectivity index (χ0) is 17.3. The van der Waals surface area contributed by atoms with Crippen LogP contribution >= 0.6 is 0 Å².